The van der Waals surface area contributed by atoms with Gasteiger partial charge < -0.3 is 10.3 Å². The van der Waals surface area contributed by atoms with Crippen molar-refractivity contribution >= 4 is 16.9 Å². The van der Waals surface area contributed by atoms with Crippen LogP contribution in [0.2, 0.25) is 0 Å². The van der Waals surface area contributed by atoms with E-state index in [0.717, 1.165) is 11.0 Å². The number of nitrogens with two attached hydrogens (primary N) is 1. The molecule has 4 nitrogen and oxygen atoms in total. The van der Waals surface area contributed by atoms with Crippen LogP contribution >= 0.6 is 0 Å². The van der Waals surface area contributed by atoms with Crippen LogP contribution in [0.15, 0.2) is 18.6 Å². The summed E-state index contributed by atoms with van der Waals surface area (Å²) in [6.45, 7) is 4.53. The molecule has 23 heavy (non-hydrogen) atoms. The van der Waals surface area contributed by atoms with Crippen molar-refractivity contribution in [3.05, 3.63) is 18.6 Å². The first-order valence-electron chi connectivity index (χ1n) is 9.35. The summed E-state index contributed by atoms with van der Waals surface area (Å²) in [5, 5.41) is 0.985. The Hall–Kier alpha value is -1.58. The van der Waals surface area contributed by atoms with Gasteiger partial charge in [0.15, 0.2) is 0 Å². The number of aromatic nitrogens is 3. The molecule has 2 aromatic heterocycles. The molecular weight excluding hydrogens is 284 g/mol. The highest BCUT2D eigenvalue weighted by molar-refractivity contribution is 5.86. The smallest absolute Gasteiger partial charge is 0.145 e. The van der Waals surface area contributed by atoms with E-state index in [2.05, 4.69) is 40.6 Å². The summed E-state index contributed by atoms with van der Waals surface area (Å²) in [7, 11) is 0. The Kier molecular flexibility index (Phi) is 7.37. The predicted molar refractivity (Wildman–Crippen MR) is 98.5 cm³/mol. The highest BCUT2D eigenvalue weighted by atomic mass is 15.1. The van der Waals surface area contributed by atoms with Crippen LogP contribution in [-0.2, 0) is 0 Å². The number of rotatable bonds is 11. The molecule has 2 aromatic rings. The molecule has 0 bridgehead atoms. The quantitative estimate of drug-likeness (QED) is 0.557. The topological polar surface area (TPSA) is 56.7 Å². The van der Waals surface area contributed by atoms with Gasteiger partial charge in [0.1, 0.15) is 17.8 Å². The standard InChI is InChI=1S/C19H32N4/c1-3-5-7-8-10-12-16(11-9-6-4-2)23-14-13-17-18(20)21-15-22-19(17)23/h13-16H,3-12H2,1-2H3,(H2,20,21,22). The molecule has 0 saturated heterocycles. The lowest BCUT2D eigenvalue weighted by Crippen LogP contribution is -2.09. The number of nitrogen functional groups attached to an aromatic ring is 1. The third-order valence-electron chi connectivity index (χ3n) is 4.72. The van der Waals surface area contributed by atoms with E-state index in [1.807, 2.05) is 0 Å². The summed E-state index contributed by atoms with van der Waals surface area (Å²) in [6.07, 6.45) is 16.7. The molecule has 2 heterocycles. The zero-order chi connectivity index (χ0) is 16.5. The second kappa shape index (κ2) is 9.53. The van der Waals surface area contributed by atoms with Crippen LogP contribution in [0.4, 0.5) is 5.82 Å². The lowest BCUT2D eigenvalue weighted by Gasteiger charge is -2.20. The highest BCUT2D eigenvalue weighted by Gasteiger charge is 2.15. The average Bonchev–Trinajstić information content (AvgIpc) is 2.98. The Morgan fingerprint density at radius 1 is 0.957 bits per heavy atom. The Morgan fingerprint density at radius 2 is 1.61 bits per heavy atom. The number of hydrogen-bond donors (Lipinski definition) is 1. The van der Waals surface area contributed by atoms with Gasteiger partial charge >= 0.3 is 0 Å². The fraction of sp³-hybridized carbons (Fsp3) is 0.684. The molecule has 2 N–H and O–H groups in total. The molecule has 2 rings (SSSR count). The van der Waals surface area contributed by atoms with Crippen LogP contribution in [0.1, 0.15) is 84.1 Å². The van der Waals surface area contributed by atoms with Crippen molar-refractivity contribution in [3.63, 3.8) is 0 Å². The maximum Gasteiger partial charge on any atom is 0.145 e. The van der Waals surface area contributed by atoms with E-state index in [1.54, 1.807) is 6.33 Å². The molecule has 1 unspecified atom stereocenters. The molecule has 0 aliphatic rings. The summed E-state index contributed by atoms with van der Waals surface area (Å²) in [4.78, 5) is 8.59. The van der Waals surface area contributed by atoms with Crippen LogP contribution in [0.25, 0.3) is 11.0 Å². The van der Waals surface area contributed by atoms with Crippen LogP contribution in [0.5, 0.6) is 0 Å². The average molecular weight is 316 g/mol. The van der Waals surface area contributed by atoms with Gasteiger partial charge in [-0.2, -0.15) is 0 Å². The van der Waals surface area contributed by atoms with E-state index in [0.29, 0.717) is 11.9 Å². The Bertz CT molecular complexity index is 576. The number of unbranched alkanes of at least 4 members (excludes halogenated alkanes) is 6. The Balaban J connectivity index is 2.06. The molecule has 0 aliphatic heterocycles. The van der Waals surface area contributed by atoms with Crippen molar-refractivity contribution in [2.75, 3.05) is 5.73 Å². The molecule has 1 atom stereocenters. The summed E-state index contributed by atoms with van der Waals surface area (Å²) in [6, 6.07) is 2.60. The second-order valence-corrected chi connectivity index (χ2v) is 6.57. The number of nitrogens with zero attached hydrogens (tertiary/aromatic N) is 3. The summed E-state index contributed by atoms with van der Waals surface area (Å²) < 4.78 is 2.34. The molecule has 0 spiro atoms. The maximum atomic E-state index is 5.98. The number of hydrogen-bond acceptors (Lipinski definition) is 3. The summed E-state index contributed by atoms with van der Waals surface area (Å²) in [5.74, 6) is 0.587. The van der Waals surface area contributed by atoms with Crippen LogP contribution in [-0.4, -0.2) is 14.5 Å². The molecule has 0 aliphatic carbocycles. The van der Waals surface area contributed by atoms with Crippen molar-refractivity contribution < 1.29 is 0 Å². The fourth-order valence-electron chi connectivity index (χ4n) is 3.32. The molecule has 0 radical (unpaired) electrons. The van der Waals surface area contributed by atoms with Crippen LogP contribution in [0.3, 0.4) is 0 Å². The third kappa shape index (κ3) is 4.95. The van der Waals surface area contributed by atoms with Crippen molar-refractivity contribution in [3.8, 4) is 0 Å². The zero-order valence-electron chi connectivity index (χ0n) is 14.8. The van der Waals surface area contributed by atoms with E-state index in [4.69, 9.17) is 5.73 Å². The molecular formula is C19H32N4. The first kappa shape index (κ1) is 17.8. The van der Waals surface area contributed by atoms with E-state index >= 15 is 0 Å². The SMILES string of the molecule is CCCCCCCC(CCCCC)n1ccc2c(N)ncnc21. The minimum Gasteiger partial charge on any atom is -0.383 e. The number of anilines is 1. The normalized spacial score (nSPS) is 12.8. The zero-order valence-corrected chi connectivity index (χ0v) is 14.8. The van der Waals surface area contributed by atoms with Gasteiger partial charge in [-0.1, -0.05) is 65.2 Å². The Morgan fingerprint density at radius 3 is 2.35 bits per heavy atom. The first-order valence-corrected chi connectivity index (χ1v) is 9.35. The van der Waals surface area contributed by atoms with E-state index < -0.39 is 0 Å². The number of fused-ring (bicyclic) bond motifs is 1. The van der Waals surface area contributed by atoms with Gasteiger partial charge in [0.2, 0.25) is 0 Å². The largest absolute Gasteiger partial charge is 0.383 e. The van der Waals surface area contributed by atoms with Crippen molar-refractivity contribution in [1.82, 2.24) is 14.5 Å². The molecule has 0 saturated carbocycles. The minimum atomic E-state index is 0.537. The van der Waals surface area contributed by atoms with Crippen molar-refractivity contribution in [1.29, 1.82) is 0 Å². The van der Waals surface area contributed by atoms with Gasteiger partial charge in [0.25, 0.3) is 0 Å². The molecule has 0 aromatic carbocycles. The van der Waals surface area contributed by atoms with Gasteiger partial charge in [-0.3, -0.25) is 0 Å². The molecule has 0 fully saturated rings. The molecule has 0 amide bonds. The van der Waals surface area contributed by atoms with E-state index in [1.165, 1.54) is 64.2 Å². The van der Waals surface area contributed by atoms with Gasteiger partial charge in [-0.05, 0) is 18.9 Å². The minimum absolute atomic E-state index is 0.537. The summed E-state index contributed by atoms with van der Waals surface area (Å²) in [5.41, 5.74) is 6.97. The molecule has 128 valence electrons. The van der Waals surface area contributed by atoms with Gasteiger partial charge in [0, 0.05) is 12.2 Å². The second-order valence-electron chi connectivity index (χ2n) is 6.57. The van der Waals surface area contributed by atoms with Gasteiger partial charge in [0.05, 0.1) is 5.39 Å². The fourth-order valence-corrected chi connectivity index (χ4v) is 3.32. The van der Waals surface area contributed by atoms with Gasteiger partial charge in [-0.15, -0.1) is 0 Å². The van der Waals surface area contributed by atoms with E-state index in [-0.39, 0.29) is 0 Å². The maximum absolute atomic E-state index is 5.98. The van der Waals surface area contributed by atoms with Crippen LogP contribution in [0, 0.1) is 0 Å². The monoisotopic (exact) mass is 316 g/mol. The highest BCUT2D eigenvalue weighted by Crippen LogP contribution is 2.28. The van der Waals surface area contributed by atoms with Crippen LogP contribution < -0.4 is 5.73 Å². The van der Waals surface area contributed by atoms with Gasteiger partial charge in [-0.25, -0.2) is 9.97 Å². The predicted octanol–water partition coefficient (Wildman–Crippen LogP) is 5.50. The lowest BCUT2D eigenvalue weighted by molar-refractivity contribution is 0.405. The lowest BCUT2D eigenvalue weighted by atomic mass is 10.0. The molecule has 4 heteroatoms. The van der Waals surface area contributed by atoms with E-state index in [9.17, 15) is 0 Å². The summed E-state index contributed by atoms with van der Waals surface area (Å²) >= 11 is 0. The Labute approximate surface area is 140 Å². The van der Waals surface area contributed by atoms with Crippen molar-refractivity contribution in [2.24, 2.45) is 0 Å². The third-order valence-corrected chi connectivity index (χ3v) is 4.72. The first-order chi connectivity index (χ1) is 11.3. The van der Waals surface area contributed by atoms with Crippen molar-refractivity contribution in [2.45, 2.75) is 84.1 Å².